The molecule has 1 aliphatic rings. The zero-order chi connectivity index (χ0) is 23.8. The molecule has 170 valence electrons. The van der Waals surface area contributed by atoms with E-state index in [1.165, 1.54) is 12.1 Å². The average molecular weight is 458 g/mol. The first-order valence-electron chi connectivity index (χ1n) is 10.5. The molecule has 0 saturated heterocycles. The molecule has 2 heterocycles. The van der Waals surface area contributed by atoms with Gasteiger partial charge in [0.05, 0.1) is 16.7 Å². The number of rotatable bonds is 6. The fourth-order valence-electron chi connectivity index (χ4n) is 4.04. The second kappa shape index (κ2) is 8.43. The van der Waals surface area contributed by atoms with Crippen molar-refractivity contribution in [2.24, 2.45) is 7.05 Å². The number of aryl methyl sites for hydroxylation is 1. The number of nitro groups is 1. The van der Waals surface area contributed by atoms with E-state index in [1.54, 1.807) is 27.9 Å². The Morgan fingerprint density at radius 3 is 2.56 bits per heavy atom. The van der Waals surface area contributed by atoms with Gasteiger partial charge in [-0.15, -0.1) is 0 Å². The van der Waals surface area contributed by atoms with Crippen LogP contribution in [0.25, 0.3) is 11.1 Å². The number of nitro benzene ring substituents is 1. The summed E-state index contributed by atoms with van der Waals surface area (Å²) in [6.07, 6.45) is 3.72. The van der Waals surface area contributed by atoms with Crippen molar-refractivity contribution < 1.29 is 18.8 Å². The van der Waals surface area contributed by atoms with E-state index in [4.69, 9.17) is 4.74 Å². The van der Waals surface area contributed by atoms with Gasteiger partial charge < -0.3 is 9.64 Å². The van der Waals surface area contributed by atoms with Crippen molar-refractivity contribution in [2.75, 3.05) is 0 Å². The summed E-state index contributed by atoms with van der Waals surface area (Å²) in [5.41, 5.74) is 3.47. The van der Waals surface area contributed by atoms with Gasteiger partial charge in [0.1, 0.15) is 5.75 Å². The topological polar surface area (TPSA) is 90.5 Å². The number of carbonyl (C=O) groups excluding carboxylic acids is 1. The van der Waals surface area contributed by atoms with E-state index < -0.39 is 22.2 Å². The first kappa shape index (κ1) is 21.3. The lowest BCUT2D eigenvalue weighted by Gasteiger charge is -2.16. The summed E-state index contributed by atoms with van der Waals surface area (Å²) in [5.74, 6) is -1.58. The number of fused-ring (bicyclic) bond motifs is 1. The minimum Gasteiger partial charge on any atom is -0.446 e. The van der Waals surface area contributed by atoms with E-state index in [-0.39, 0.29) is 17.2 Å². The highest BCUT2D eigenvalue weighted by molar-refractivity contribution is 6.01. The predicted octanol–water partition coefficient (Wildman–Crippen LogP) is 5.08. The molecule has 0 bridgehead atoms. The van der Waals surface area contributed by atoms with E-state index in [2.05, 4.69) is 5.10 Å². The molecule has 0 N–H and O–H groups in total. The maximum absolute atomic E-state index is 14.3. The molecule has 0 spiro atoms. The zero-order valence-corrected chi connectivity index (χ0v) is 18.1. The third-order valence-corrected chi connectivity index (χ3v) is 5.70. The van der Waals surface area contributed by atoms with Gasteiger partial charge in [0.15, 0.2) is 5.82 Å². The molecule has 0 radical (unpaired) electrons. The fourth-order valence-corrected chi connectivity index (χ4v) is 4.04. The number of para-hydroxylation sites is 1. The largest absolute Gasteiger partial charge is 0.446 e. The van der Waals surface area contributed by atoms with E-state index in [0.29, 0.717) is 18.7 Å². The lowest BCUT2D eigenvalue weighted by atomic mass is 10.1. The molecule has 1 aliphatic heterocycles. The fraction of sp³-hybridized carbons (Fsp3) is 0.120. The summed E-state index contributed by atoms with van der Waals surface area (Å²) in [6.45, 7) is 0.731. The number of hydrogen-bond donors (Lipinski definition) is 0. The van der Waals surface area contributed by atoms with Crippen LogP contribution in [-0.2, 0) is 20.1 Å². The molecule has 0 aliphatic carbocycles. The van der Waals surface area contributed by atoms with Crippen molar-refractivity contribution in [1.82, 2.24) is 14.7 Å². The molecule has 9 heteroatoms. The van der Waals surface area contributed by atoms with Crippen molar-refractivity contribution in [1.29, 1.82) is 0 Å². The Morgan fingerprint density at radius 2 is 1.85 bits per heavy atom. The molecular weight excluding hydrogens is 439 g/mol. The number of aromatic nitrogens is 2. The number of hydrogen-bond acceptors (Lipinski definition) is 5. The van der Waals surface area contributed by atoms with Crippen LogP contribution in [0.2, 0.25) is 0 Å². The number of nitrogens with zero attached hydrogens (tertiary/aromatic N) is 4. The lowest BCUT2D eigenvalue weighted by molar-refractivity contribution is -0.385. The predicted molar refractivity (Wildman–Crippen MR) is 122 cm³/mol. The van der Waals surface area contributed by atoms with E-state index in [9.17, 15) is 19.3 Å². The lowest BCUT2D eigenvalue weighted by Crippen LogP contribution is -2.23. The van der Waals surface area contributed by atoms with Crippen molar-refractivity contribution in [2.45, 2.75) is 13.1 Å². The van der Waals surface area contributed by atoms with Crippen LogP contribution in [0.5, 0.6) is 11.5 Å². The Kier molecular flexibility index (Phi) is 5.29. The number of amides is 1. The first-order chi connectivity index (χ1) is 16.4. The second-order valence-corrected chi connectivity index (χ2v) is 8.00. The third-order valence-electron chi connectivity index (χ3n) is 5.70. The summed E-state index contributed by atoms with van der Waals surface area (Å²) in [4.78, 5) is 25.5. The van der Waals surface area contributed by atoms with Gasteiger partial charge in [-0.2, -0.15) is 5.10 Å². The average Bonchev–Trinajstić information content (AvgIpc) is 3.39. The smallest absolute Gasteiger partial charge is 0.314 e. The quantitative estimate of drug-likeness (QED) is 0.297. The Bertz CT molecular complexity index is 1410. The molecule has 5 rings (SSSR count). The van der Waals surface area contributed by atoms with Gasteiger partial charge in [-0.05, 0) is 28.8 Å². The number of benzene rings is 3. The minimum atomic E-state index is -0.872. The van der Waals surface area contributed by atoms with Gasteiger partial charge in [0.25, 0.3) is 5.91 Å². The Hall–Kier alpha value is -4.53. The highest BCUT2D eigenvalue weighted by Crippen LogP contribution is 2.38. The molecule has 1 amide bonds. The van der Waals surface area contributed by atoms with Crippen LogP contribution in [0.15, 0.2) is 73.1 Å². The molecule has 1 aromatic heterocycles. The van der Waals surface area contributed by atoms with Crippen LogP contribution < -0.4 is 4.74 Å². The van der Waals surface area contributed by atoms with Gasteiger partial charge in [0.2, 0.25) is 5.75 Å². The van der Waals surface area contributed by atoms with Crippen molar-refractivity contribution >= 4 is 11.6 Å². The summed E-state index contributed by atoms with van der Waals surface area (Å²) < 4.78 is 21.7. The standard InChI is InChI=1S/C25H19FN4O4/c1-28-14-19(12-27-28)17-10-8-16(9-11-17)13-29-15-18-4-2-7-22(23(18)25(29)31)34-24-20(26)5-3-6-21(24)30(32)33/h2-12,14H,13,15H2,1H3. The highest BCUT2D eigenvalue weighted by atomic mass is 19.1. The highest BCUT2D eigenvalue weighted by Gasteiger charge is 2.32. The van der Waals surface area contributed by atoms with Gasteiger partial charge in [-0.25, -0.2) is 4.39 Å². The van der Waals surface area contributed by atoms with Crippen LogP contribution in [0.1, 0.15) is 21.5 Å². The minimum absolute atomic E-state index is 0.0881. The SMILES string of the molecule is Cn1cc(-c2ccc(CN3Cc4cccc(Oc5c(F)cccc5[N+](=O)[O-])c4C3=O)cc2)cn1. The first-order valence-corrected chi connectivity index (χ1v) is 10.5. The summed E-state index contributed by atoms with van der Waals surface area (Å²) in [7, 11) is 1.86. The van der Waals surface area contributed by atoms with Gasteiger partial charge in [-0.1, -0.05) is 42.5 Å². The van der Waals surface area contributed by atoms with Gasteiger partial charge >= 0.3 is 5.69 Å². The Balaban J connectivity index is 1.38. The molecule has 0 saturated carbocycles. The molecular formula is C25H19FN4O4. The molecule has 4 aromatic rings. The summed E-state index contributed by atoms with van der Waals surface area (Å²) in [5, 5.41) is 15.5. The monoisotopic (exact) mass is 458 g/mol. The van der Waals surface area contributed by atoms with Gasteiger partial charge in [-0.3, -0.25) is 19.6 Å². The number of carbonyl (C=O) groups is 1. The maximum Gasteiger partial charge on any atom is 0.314 e. The van der Waals surface area contributed by atoms with Crippen molar-refractivity contribution in [3.05, 3.63) is 106 Å². The van der Waals surface area contributed by atoms with Crippen LogP contribution in [0, 0.1) is 15.9 Å². The third kappa shape index (κ3) is 3.88. The molecule has 0 atom stereocenters. The molecule has 3 aromatic carbocycles. The van der Waals surface area contributed by atoms with E-state index >= 15 is 0 Å². The zero-order valence-electron chi connectivity index (χ0n) is 18.1. The van der Waals surface area contributed by atoms with Crippen LogP contribution in [0.4, 0.5) is 10.1 Å². The van der Waals surface area contributed by atoms with Crippen LogP contribution in [-0.4, -0.2) is 25.5 Å². The van der Waals surface area contributed by atoms with E-state index in [0.717, 1.165) is 28.8 Å². The van der Waals surface area contributed by atoms with Gasteiger partial charge in [0, 0.05) is 38.0 Å². The number of halogens is 1. The molecule has 0 fully saturated rings. The normalized spacial score (nSPS) is 12.6. The summed E-state index contributed by atoms with van der Waals surface area (Å²) >= 11 is 0. The number of ether oxygens (including phenoxy) is 1. The maximum atomic E-state index is 14.3. The van der Waals surface area contributed by atoms with Crippen molar-refractivity contribution in [3.8, 4) is 22.6 Å². The second-order valence-electron chi connectivity index (χ2n) is 8.00. The molecule has 8 nitrogen and oxygen atoms in total. The molecule has 0 unspecified atom stereocenters. The summed E-state index contributed by atoms with van der Waals surface area (Å²) in [6, 6.07) is 16.3. The van der Waals surface area contributed by atoms with Crippen molar-refractivity contribution in [3.63, 3.8) is 0 Å². The Morgan fingerprint density at radius 1 is 1.09 bits per heavy atom. The van der Waals surface area contributed by atoms with Crippen LogP contribution in [0.3, 0.4) is 0 Å². The van der Waals surface area contributed by atoms with Crippen LogP contribution >= 0.6 is 0 Å². The molecule has 34 heavy (non-hydrogen) atoms. The van der Waals surface area contributed by atoms with E-state index in [1.807, 2.05) is 37.5 Å². The Labute approximate surface area is 194 Å².